The van der Waals surface area contributed by atoms with Crippen LogP contribution in [0.4, 0.5) is 11.4 Å². The van der Waals surface area contributed by atoms with Crippen molar-refractivity contribution in [2.75, 3.05) is 17.2 Å². The number of rotatable bonds is 3. The van der Waals surface area contributed by atoms with Gasteiger partial charge in [-0.3, -0.25) is 4.79 Å². The molecule has 3 rings (SSSR count). The molecule has 1 amide bonds. The molecular formula is C17H16N2O2. The molecule has 1 aromatic heterocycles. The van der Waals surface area contributed by atoms with Crippen molar-refractivity contribution in [1.82, 2.24) is 0 Å². The number of para-hydroxylation sites is 1. The highest BCUT2D eigenvalue weighted by atomic mass is 16.3. The molecule has 0 aliphatic carbocycles. The van der Waals surface area contributed by atoms with Gasteiger partial charge in [0.2, 0.25) is 0 Å². The smallest absolute Gasteiger partial charge is 0.294 e. The second-order valence-corrected chi connectivity index (χ2v) is 4.79. The molecule has 1 heterocycles. The van der Waals surface area contributed by atoms with Gasteiger partial charge in [-0.1, -0.05) is 18.2 Å². The van der Waals surface area contributed by atoms with Crippen LogP contribution in [0.5, 0.6) is 0 Å². The first kappa shape index (κ1) is 13.2. The van der Waals surface area contributed by atoms with Gasteiger partial charge in [0.15, 0.2) is 5.76 Å². The van der Waals surface area contributed by atoms with Gasteiger partial charge < -0.3 is 15.1 Å². The van der Waals surface area contributed by atoms with Crippen LogP contribution in [0.25, 0.3) is 11.0 Å². The Morgan fingerprint density at radius 3 is 2.52 bits per heavy atom. The van der Waals surface area contributed by atoms with E-state index in [2.05, 4.69) is 0 Å². The van der Waals surface area contributed by atoms with Crippen molar-refractivity contribution in [2.45, 2.75) is 6.92 Å². The normalized spacial score (nSPS) is 10.7. The molecule has 4 heteroatoms. The molecule has 0 aliphatic heterocycles. The van der Waals surface area contributed by atoms with Gasteiger partial charge in [-0.2, -0.15) is 0 Å². The van der Waals surface area contributed by atoms with Crippen LogP contribution in [0.3, 0.4) is 0 Å². The second kappa shape index (κ2) is 5.32. The summed E-state index contributed by atoms with van der Waals surface area (Å²) in [5, 5.41) is 0.925. The lowest BCUT2D eigenvalue weighted by molar-refractivity contribution is 0.0964. The highest BCUT2D eigenvalue weighted by Crippen LogP contribution is 2.23. The molecule has 0 fully saturated rings. The van der Waals surface area contributed by atoms with E-state index in [-0.39, 0.29) is 5.91 Å². The summed E-state index contributed by atoms with van der Waals surface area (Å²) >= 11 is 0. The minimum absolute atomic E-state index is 0.154. The van der Waals surface area contributed by atoms with Crippen molar-refractivity contribution in [1.29, 1.82) is 0 Å². The molecule has 106 valence electrons. The molecule has 21 heavy (non-hydrogen) atoms. The quantitative estimate of drug-likeness (QED) is 0.744. The van der Waals surface area contributed by atoms with Gasteiger partial charge in [0, 0.05) is 23.3 Å². The van der Waals surface area contributed by atoms with E-state index in [9.17, 15) is 4.79 Å². The largest absolute Gasteiger partial charge is 0.451 e. The van der Waals surface area contributed by atoms with E-state index in [1.807, 2.05) is 43.3 Å². The number of nitrogens with zero attached hydrogens (tertiary/aromatic N) is 1. The Labute approximate surface area is 122 Å². The highest BCUT2D eigenvalue weighted by Gasteiger charge is 2.19. The minimum Gasteiger partial charge on any atom is -0.451 e. The van der Waals surface area contributed by atoms with Gasteiger partial charge in [0.25, 0.3) is 5.91 Å². The van der Waals surface area contributed by atoms with Crippen molar-refractivity contribution >= 4 is 28.3 Å². The highest BCUT2D eigenvalue weighted by molar-refractivity contribution is 6.06. The Balaban J connectivity index is 1.96. The molecule has 0 atom stereocenters. The van der Waals surface area contributed by atoms with Crippen LogP contribution in [0.1, 0.15) is 17.5 Å². The van der Waals surface area contributed by atoms with Crippen molar-refractivity contribution in [3.05, 3.63) is 60.4 Å². The fourth-order valence-corrected chi connectivity index (χ4v) is 2.32. The van der Waals surface area contributed by atoms with E-state index in [0.29, 0.717) is 23.6 Å². The van der Waals surface area contributed by atoms with Gasteiger partial charge >= 0.3 is 0 Å². The maximum Gasteiger partial charge on any atom is 0.294 e. The SMILES string of the molecule is CCN(C(=O)c1cc2ccccc2o1)c1ccc(N)cc1. The zero-order valence-electron chi connectivity index (χ0n) is 11.7. The number of carbonyl (C=O) groups excluding carboxylic acids is 1. The molecule has 0 unspecified atom stereocenters. The van der Waals surface area contributed by atoms with Crippen LogP contribution in [-0.2, 0) is 0 Å². The Morgan fingerprint density at radius 2 is 1.86 bits per heavy atom. The predicted octanol–water partition coefficient (Wildman–Crippen LogP) is 3.68. The summed E-state index contributed by atoms with van der Waals surface area (Å²) < 4.78 is 5.64. The molecule has 2 N–H and O–H groups in total. The number of nitrogens with two attached hydrogens (primary N) is 1. The summed E-state index contributed by atoms with van der Waals surface area (Å²) in [6, 6.07) is 16.6. The summed E-state index contributed by atoms with van der Waals surface area (Å²) in [5.74, 6) is 0.188. The summed E-state index contributed by atoms with van der Waals surface area (Å²) in [4.78, 5) is 14.3. The molecule has 0 aliphatic rings. The van der Waals surface area contributed by atoms with Crippen LogP contribution >= 0.6 is 0 Å². The zero-order chi connectivity index (χ0) is 14.8. The van der Waals surface area contributed by atoms with Crippen LogP contribution in [0.15, 0.2) is 59.0 Å². The lowest BCUT2D eigenvalue weighted by Crippen LogP contribution is -2.30. The standard InChI is InChI=1S/C17H16N2O2/c1-2-19(14-9-7-13(18)8-10-14)17(20)16-11-12-5-3-4-6-15(12)21-16/h3-11H,2,18H2,1H3. The summed E-state index contributed by atoms with van der Waals surface area (Å²) in [7, 11) is 0. The van der Waals surface area contributed by atoms with Gasteiger partial charge in [-0.25, -0.2) is 0 Å². The third-order valence-electron chi connectivity index (χ3n) is 3.40. The van der Waals surface area contributed by atoms with E-state index >= 15 is 0 Å². The van der Waals surface area contributed by atoms with E-state index in [1.54, 1.807) is 23.1 Å². The lowest BCUT2D eigenvalue weighted by atomic mass is 10.2. The fourth-order valence-electron chi connectivity index (χ4n) is 2.32. The number of carbonyl (C=O) groups is 1. The Kier molecular flexibility index (Phi) is 3.36. The monoisotopic (exact) mass is 280 g/mol. The average molecular weight is 280 g/mol. The average Bonchev–Trinajstić information content (AvgIpc) is 2.93. The van der Waals surface area contributed by atoms with E-state index in [4.69, 9.17) is 10.2 Å². The maximum absolute atomic E-state index is 12.6. The van der Waals surface area contributed by atoms with Gasteiger partial charge in [0.1, 0.15) is 5.58 Å². The molecule has 0 spiro atoms. The van der Waals surface area contributed by atoms with Crippen molar-refractivity contribution in [3.63, 3.8) is 0 Å². The maximum atomic E-state index is 12.6. The Hall–Kier alpha value is -2.75. The molecule has 0 radical (unpaired) electrons. The van der Waals surface area contributed by atoms with E-state index < -0.39 is 0 Å². The van der Waals surface area contributed by atoms with Crippen molar-refractivity contribution in [2.24, 2.45) is 0 Å². The van der Waals surface area contributed by atoms with Crippen LogP contribution < -0.4 is 10.6 Å². The van der Waals surface area contributed by atoms with E-state index in [1.165, 1.54) is 0 Å². The molecule has 2 aromatic carbocycles. The van der Waals surface area contributed by atoms with Crippen LogP contribution in [-0.4, -0.2) is 12.5 Å². The first-order chi connectivity index (χ1) is 10.2. The van der Waals surface area contributed by atoms with Crippen LogP contribution in [0.2, 0.25) is 0 Å². The summed E-state index contributed by atoms with van der Waals surface area (Å²) in [5.41, 5.74) is 7.88. The van der Waals surface area contributed by atoms with Gasteiger partial charge in [0.05, 0.1) is 0 Å². The number of fused-ring (bicyclic) bond motifs is 1. The second-order valence-electron chi connectivity index (χ2n) is 4.79. The summed E-state index contributed by atoms with van der Waals surface area (Å²) in [6.07, 6.45) is 0. The molecule has 0 saturated heterocycles. The Morgan fingerprint density at radius 1 is 1.14 bits per heavy atom. The van der Waals surface area contributed by atoms with Gasteiger partial charge in [-0.05, 0) is 43.3 Å². The lowest BCUT2D eigenvalue weighted by Gasteiger charge is -2.19. The third kappa shape index (κ3) is 2.48. The molecule has 4 nitrogen and oxygen atoms in total. The number of hydrogen-bond donors (Lipinski definition) is 1. The number of nitrogen functional groups attached to an aromatic ring is 1. The molecule has 0 bridgehead atoms. The Bertz CT molecular complexity index is 742. The van der Waals surface area contributed by atoms with Crippen molar-refractivity contribution < 1.29 is 9.21 Å². The number of furan rings is 1. The summed E-state index contributed by atoms with van der Waals surface area (Å²) in [6.45, 7) is 2.48. The van der Waals surface area contributed by atoms with E-state index in [0.717, 1.165) is 11.1 Å². The predicted molar refractivity (Wildman–Crippen MR) is 84.4 cm³/mol. The number of hydrogen-bond acceptors (Lipinski definition) is 3. The number of benzene rings is 2. The fraction of sp³-hybridized carbons (Fsp3) is 0.118. The third-order valence-corrected chi connectivity index (χ3v) is 3.40. The van der Waals surface area contributed by atoms with Crippen molar-refractivity contribution in [3.8, 4) is 0 Å². The van der Waals surface area contributed by atoms with Gasteiger partial charge in [-0.15, -0.1) is 0 Å². The van der Waals surface area contributed by atoms with Crippen LogP contribution in [0, 0.1) is 0 Å². The zero-order valence-corrected chi connectivity index (χ0v) is 11.7. The number of anilines is 2. The topological polar surface area (TPSA) is 59.5 Å². The first-order valence-corrected chi connectivity index (χ1v) is 6.85. The minimum atomic E-state index is -0.154. The first-order valence-electron chi connectivity index (χ1n) is 6.85. The molecule has 0 saturated carbocycles. The number of amides is 1. The molecular weight excluding hydrogens is 264 g/mol. The molecule has 3 aromatic rings.